The Bertz CT molecular complexity index is 1040. The normalized spacial score (nSPS) is 33.6. The second-order valence-corrected chi connectivity index (χ2v) is 12.2. The van der Waals surface area contributed by atoms with Gasteiger partial charge in [-0.05, 0) is 85.0 Å². The van der Waals surface area contributed by atoms with Gasteiger partial charge in [0.2, 0.25) is 0 Å². The maximum Gasteiger partial charge on any atom is 0.380 e. The van der Waals surface area contributed by atoms with Crippen molar-refractivity contribution in [1.82, 2.24) is 4.31 Å². The van der Waals surface area contributed by atoms with Gasteiger partial charge in [-0.15, -0.1) is 0 Å². The summed E-state index contributed by atoms with van der Waals surface area (Å²) in [4.78, 5) is 0. The molecule has 3 aliphatic carbocycles. The fourth-order valence-electron chi connectivity index (χ4n) is 6.09. The van der Waals surface area contributed by atoms with Crippen molar-refractivity contribution in [2.45, 2.75) is 57.5 Å². The van der Waals surface area contributed by atoms with Crippen molar-refractivity contribution in [2.75, 3.05) is 14.1 Å². The first-order valence-electron chi connectivity index (χ1n) is 10.4. The minimum Gasteiger partial charge on any atom is -0.371 e. The van der Waals surface area contributed by atoms with Crippen LogP contribution in [0.15, 0.2) is 18.2 Å². The van der Waals surface area contributed by atoms with E-state index in [1.54, 1.807) is 12.1 Å². The largest absolute Gasteiger partial charge is 0.380 e. The molecule has 2 saturated carbocycles. The summed E-state index contributed by atoms with van der Waals surface area (Å²) in [5.74, 6) is 1.52. The molecule has 0 aliphatic heterocycles. The van der Waals surface area contributed by atoms with Gasteiger partial charge in [0, 0.05) is 14.1 Å². The predicted octanol–water partition coefficient (Wildman–Crippen LogP) is 2.32. The number of nitrogens with zero attached hydrogens (tertiary/aromatic N) is 1. The molecule has 0 bridgehead atoms. The van der Waals surface area contributed by atoms with Crippen LogP contribution in [0.25, 0.3) is 0 Å². The number of hydrogen-bond acceptors (Lipinski definition) is 6. The molecule has 1 aromatic rings. The highest BCUT2D eigenvalue weighted by Gasteiger charge is 2.56. The van der Waals surface area contributed by atoms with Gasteiger partial charge in [-0.1, -0.05) is 13.0 Å². The zero-order chi connectivity index (χ0) is 21.9. The smallest absolute Gasteiger partial charge is 0.371 e. The van der Waals surface area contributed by atoms with Crippen LogP contribution in [-0.2, 0) is 31.2 Å². The highest BCUT2D eigenvalue weighted by Crippen LogP contribution is 2.61. The Morgan fingerprint density at radius 3 is 2.50 bits per heavy atom. The highest BCUT2D eigenvalue weighted by molar-refractivity contribution is 7.84. The molecule has 0 aromatic heterocycles. The number of fused-ring (bicyclic) bond motifs is 5. The standard InChI is InChI=1S/C20H30N2O6S2/c1-20-11-10-16-15-7-5-14(27-29(21,23)24)12-13(15)4-6-17(16)18(20)8-9-19(20)28-30(25,26)22(2)3/h5,7,12,16-19H,4,6,8-11H2,1-3H3,(H2,21,23,24)/t16-,17-,18+,19+,20+/m1/s1. The molecular weight excluding hydrogens is 428 g/mol. The van der Waals surface area contributed by atoms with E-state index in [0.29, 0.717) is 17.8 Å². The minimum absolute atomic E-state index is 0.154. The van der Waals surface area contributed by atoms with Crippen LogP contribution >= 0.6 is 0 Å². The molecule has 0 saturated heterocycles. The van der Waals surface area contributed by atoms with Gasteiger partial charge in [0.1, 0.15) is 5.75 Å². The summed E-state index contributed by atoms with van der Waals surface area (Å²) in [6.07, 6.45) is 5.13. The van der Waals surface area contributed by atoms with E-state index in [4.69, 9.17) is 13.5 Å². The fourth-order valence-corrected chi connectivity index (χ4v) is 7.24. The maximum atomic E-state index is 12.3. The van der Waals surface area contributed by atoms with Crippen molar-refractivity contribution < 1.29 is 25.2 Å². The Morgan fingerprint density at radius 1 is 1.10 bits per heavy atom. The van der Waals surface area contributed by atoms with Gasteiger partial charge < -0.3 is 4.18 Å². The van der Waals surface area contributed by atoms with Crippen LogP contribution in [0, 0.1) is 17.3 Å². The molecule has 0 heterocycles. The van der Waals surface area contributed by atoms with Crippen LogP contribution in [0.2, 0.25) is 0 Å². The third-order valence-corrected chi connectivity index (χ3v) is 9.30. The molecule has 5 atom stereocenters. The van der Waals surface area contributed by atoms with Crippen LogP contribution in [0.5, 0.6) is 5.75 Å². The van der Waals surface area contributed by atoms with Crippen LogP contribution in [-0.4, -0.2) is 41.3 Å². The van der Waals surface area contributed by atoms with Gasteiger partial charge in [-0.3, -0.25) is 4.18 Å². The lowest BCUT2D eigenvalue weighted by Crippen LogP contribution is -2.46. The Balaban J connectivity index is 1.57. The average molecular weight is 459 g/mol. The Morgan fingerprint density at radius 2 is 1.83 bits per heavy atom. The van der Waals surface area contributed by atoms with Crippen molar-refractivity contribution in [3.8, 4) is 5.75 Å². The van der Waals surface area contributed by atoms with Gasteiger partial charge in [-0.2, -0.15) is 26.3 Å². The first-order chi connectivity index (χ1) is 13.9. The second-order valence-electron chi connectivity index (χ2n) is 9.30. The second kappa shape index (κ2) is 7.44. The van der Waals surface area contributed by atoms with Crippen molar-refractivity contribution in [3.63, 3.8) is 0 Å². The molecule has 0 unspecified atom stereocenters. The Labute approximate surface area is 179 Å². The molecule has 2 N–H and O–H groups in total. The van der Waals surface area contributed by atoms with E-state index < -0.39 is 20.6 Å². The summed E-state index contributed by atoms with van der Waals surface area (Å²) in [5.41, 5.74) is 2.21. The highest BCUT2D eigenvalue weighted by atomic mass is 32.2. The topological polar surface area (TPSA) is 116 Å². The van der Waals surface area contributed by atoms with Crippen molar-refractivity contribution in [2.24, 2.45) is 22.4 Å². The Kier molecular flexibility index (Phi) is 5.46. The van der Waals surface area contributed by atoms with Gasteiger partial charge in [0.05, 0.1) is 6.10 Å². The van der Waals surface area contributed by atoms with E-state index in [1.165, 1.54) is 19.7 Å². The van der Waals surface area contributed by atoms with Gasteiger partial charge in [-0.25, -0.2) is 0 Å². The molecule has 10 heteroatoms. The van der Waals surface area contributed by atoms with Gasteiger partial charge >= 0.3 is 20.6 Å². The first kappa shape index (κ1) is 22.0. The third kappa shape index (κ3) is 3.88. The Hall–Kier alpha value is -1.20. The number of hydrogen-bond donors (Lipinski definition) is 1. The molecule has 1 aromatic carbocycles. The summed E-state index contributed by atoms with van der Waals surface area (Å²) in [5, 5.41) is 4.99. The summed E-state index contributed by atoms with van der Waals surface area (Å²) in [6.45, 7) is 2.19. The zero-order valence-corrected chi connectivity index (χ0v) is 19.2. The zero-order valence-electron chi connectivity index (χ0n) is 17.6. The van der Waals surface area contributed by atoms with Crippen molar-refractivity contribution in [1.29, 1.82) is 0 Å². The molecule has 0 spiro atoms. The van der Waals surface area contributed by atoms with Gasteiger partial charge in [0.15, 0.2) is 0 Å². The van der Waals surface area contributed by atoms with Gasteiger partial charge in [0.25, 0.3) is 0 Å². The van der Waals surface area contributed by atoms with Crippen LogP contribution in [0.3, 0.4) is 0 Å². The molecule has 3 aliphatic rings. The number of rotatable bonds is 5. The number of benzene rings is 1. The maximum absolute atomic E-state index is 12.3. The molecule has 0 radical (unpaired) electrons. The number of aryl methyl sites for hydroxylation is 1. The number of nitrogens with two attached hydrogens (primary N) is 1. The van der Waals surface area contributed by atoms with Crippen LogP contribution in [0.4, 0.5) is 0 Å². The summed E-state index contributed by atoms with van der Waals surface area (Å²) in [7, 11) is -4.76. The monoisotopic (exact) mass is 458 g/mol. The van der Waals surface area contributed by atoms with E-state index in [2.05, 4.69) is 6.92 Å². The summed E-state index contributed by atoms with van der Waals surface area (Å²) < 4.78 is 58.7. The third-order valence-electron chi connectivity index (χ3n) is 7.51. The molecule has 4 rings (SSSR count). The van der Waals surface area contributed by atoms with E-state index >= 15 is 0 Å². The molecule has 8 nitrogen and oxygen atoms in total. The molecule has 0 amide bonds. The lowest BCUT2D eigenvalue weighted by molar-refractivity contribution is -0.0103. The van der Waals surface area contributed by atoms with Crippen LogP contribution in [0.1, 0.15) is 56.1 Å². The summed E-state index contributed by atoms with van der Waals surface area (Å²) >= 11 is 0. The minimum atomic E-state index is -4.04. The van der Waals surface area contributed by atoms with Crippen molar-refractivity contribution >= 4 is 20.6 Å². The van der Waals surface area contributed by atoms with E-state index in [0.717, 1.165) is 48.4 Å². The lowest BCUT2D eigenvalue weighted by Gasteiger charge is -2.50. The van der Waals surface area contributed by atoms with Crippen LogP contribution < -0.4 is 9.32 Å². The quantitative estimate of drug-likeness (QED) is 0.724. The van der Waals surface area contributed by atoms with E-state index in [9.17, 15) is 16.8 Å². The molecule has 2 fully saturated rings. The molecule has 30 heavy (non-hydrogen) atoms. The van der Waals surface area contributed by atoms with E-state index in [1.807, 2.05) is 6.07 Å². The SMILES string of the molecule is CN(C)S(=O)(=O)O[C@H]1CC[C@H]2[C@@H]3CCc4cc(OS(N)(=O)=O)ccc4[C@H]3CC[C@]12C. The summed E-state index contributed by atoms with van der Waals surface area (Å²) in [6, 6.07) is 5.42. The molecule has 168 valence electrons. The fraction of sp³-hybridized carbons (Fsp3) is 0.700. The average Bonchev–Trinajstić information content (AvgIpc) is 2.96. The van der Waals surface area contributed by atoms with E-state index in [-0.39, 0.29) is 17.3 Å². The van der Waals surface area contributed by atoms with Crippen molar-refractivity contribution in [3.05, 3.63) is 29.3 Å². The predicted molar refractivity (Wildman–Crippen MR) is 112 cm³/mol. The molecular formula is C20H30N2O6S2. The lowest BCUT2D eigenvalue weighted by atomic mass is 9.55. The first-order valence-corrected chi connectivity index (χ1v) is 13.2.